The lowest BCUT2D eigenvalue weighted by Gasteiger charge is -2.39. The first-order valence-corrected chi connectivity index (χ1v) is 8.55. The van der Waals surface area contributed by atoms with Crippen LogP contribution in [0, 0.1) is 5.92 Å². The minimum absolute atomic E-state index is 0.120. The minimum atomic E-state index is 0.120. The monoisotopic (exact) mass is 327 g/mol. The van der Waals surface area contributed by atoms with Gasteiger partial charge in [-0.3, -0.25) is 4.90 Å². The van der Waals surface area contributed by atoms with Crippen LogP contribution in [0.25, 0.3) is 0 Å². The molecule has 1 aliphatic carbocycles. The third-order valence-electron chi connectivity index (χ3n) is 4.62. The predicted octanol–water partition coefficient (Wildman–Crippen LogP) is 3.02. The Kier molecular flexibility index (Phi) is 5.07. The van der Waals surface area contributed by atoms with E-state index in [1.807, 2.05) is 18.2 Å². The molecule has 0 spiro atoms. The molecule has 2 fully saturated rings. The highest BCUT2D eigenvalue weighted by molar-refractivity contribution is 6.36. The second-order valence-electron chi connectivity index (χ2n) is 6.17. The summed E-state index contributed by atoms with van der Waals surface area (Å²) in [6.07, 6.45) is 2.84. The van der Waals surface area contributed by atoms with Gasteiger partial charge in [-0.05, 0) is 30.9 Å². The van der Waals surface area contributed by atoms with Gasteiger partial charge in [0, 0.05) is 54.9 Å². The molecule has 116 valence electrons. The van der Waals surface area contributed by atoms with Crippen LogP contribution in [-0.2, 0) is 0 Å². The molecule has 21 heavy (non-hydrogen) atoms. The fourth-order valence-electron chi connectivity index (χ4n) is 3.20. The highest BCUT2D eigenvalue weighted by Crippen LogP contribution is 2.34. The molecule has 1 saturated heterocycles. The van der Waals surface area contributed by atoms with E-state index in [-0.39, 0.29) is 6.04 Å². The smallest absolute Gasteiger partial charge is 0.0501 e. The van der Waals surface area contributed by atoms with Crippen LogP contribution < -0.4 is 5.73 Å². The molecule has 0 aromatic heterocycles. The van der Waals surface area contributed by atoms with Crippen molar-refractivity contribution in [2.45, 2.75) is 18.9 Å². The van der Waals surface area contributed by atoms with Gasteiger partial charge in [-0.25, -0.2) is 0 Å². The molecule has 1 aromatic carbocycles. The van der Waals surface area contributed by atoms with Gasteiger partial charge in [-0.2, -0.15) is 0 Å². The molecule has 1 aliphatic heterocycles. The average Bonchev–Trinajstić information content (AvgIpc) is 3.28. The summed E-state index contributed by atoms with van der Waals surface area (Å²) in [5.41, 5.74) is 7.01. The Balaban J connectivity index is 1.66. The molecular formula is C16H23Cl2N3. The van der Waals surface area contributed by atoms with Crippen molar-refractivity contribution in [2.24, 2.45) is 11.7 Å². The van der Waals surface area contributed by atoms with Crippen molar-refractivity contribution in [1.82, 2.24) is 9.80 Å². The maximum atomic E-state index is 6.35. The summed E-state index contributed by atoms with van der Waals surface area (Å²) in [5, 5.41) is 1.44. The molecule has 5 heteroatoms. The van der Waals surface area contributed by atoms with Gasteiger partial charge in [-0.1, -0.05) is 29.3 Å². The molecule has 1 unspecified atom stereocenters. The standard InChI is InChI=1S/C16H23Cl2N3/c17-13-2-1-3-14(18)16(13)15(10-19)21-8-6-20(7-9-21)11-12-4-5-12/h1-3,12,15H,4-11,19H2. The van der Waals surface area contributed by atoms with Gasteiger partial charge < -0.3 is 10.6 Å². The molecule has 0 radical (unpaired) electrons. The number of hydrogen-bond acceptors (Lipinski definition) is 3. The van der Waals surface area contributed by atoms with E-state index in [0.717, 1.165) is 47.7 Å². The maximum absolute atomic E-state index is 6.35. The van der Waals surface area contributed by atoms with Crippen molar-refractivity contribution < 1.29 is 0 Å². The first-order chi connectivity index (χ1) is 10.2. The van der Waals surface area contributed by atoms with E-state index in [2.05, 4.69) is 9.80 Å². The van der Waals surface area contributed by atoms with Gasteiger partial charge in [-0.15, -0.1) is 0 Å². The van der Waals surface area contributed by atoms with Crippen molar-refractivity contribution in [2.75, 3.05) is 39.3 Å². The zero-order valence-corrected chi connectivity index (χ0v) is 13.8. The van der Waals surface area contributed by atoms with Gasteiger partial charge in [0.1, 0.15) is 0 Å². The van der Waals surface area contributed by atoms with Crippen LogP contribution >= 0.6 is 23.2 Å². The molecule has 2 aliphatic rings. The predicted molar refractivity (Wildman–Crippen MR) is 89.0 cm³/mol. The largest absolute Gasteiger partial charge is 0.329 e. The van der Waals surface area contributed by atoms with Crippen LogP contribution in [-0.4, -0.2) is 49.1 Å². The van der Waals surface area contributed by atoms with Crippen molar-refractivity contribution in [1.29, 1.82) is 0 Å². The maximum Gasteiger partial charge on any atom is 0.0501 e. The molecule has 1 aromatic rings. The summed E-state index contributed by atoms with van der Waals surface area (Å²) in [5.74, 6) is 0.958. The van der Waals surface area contributed by atoms with E-state index in [4.69, 9.17) is 28.9 Å². The molecule has 0 bridgehead atoms. The van der Waals surface area contributed by atoms with Crippen molar-refractivity contribution in [3.63, 3.8) is 0 Å². The van der Waals surface area contributed by atoms with Gasteiger partial charge in [0.05, 0.1) is 6.04 Å². The molecule has 3 rings (SSSR count). The van der Waals surface area contributed by atoms with E-state index in [9.17, 15) is 0 Å². The average molecular weight is 328 g/mol. The molecule has 1 heterocycles. The van der Waals surface area contributed by atoms with E-state index in [1.54, 1.807) is 0 Å². The second kappa shape index (κ2) is 6.84. The summed E-state index contributed by atoms with van der Waals surface area (Å²) >= 11 is 12.7. The third-order valence-corrected chi connectivity index (χ3v) is 5.28. The Morgan fingerprint density at radius 2 is 1.71 bits per heavy atom. The SMILES string of the molecule is NCC(c1c(Cl)cccc1Cl)N1CCN(CC2CC2)CC1. The Morgan fingerprint density at radius 1 is 1.10 bits per heavy atom. The fourth-order valence-corrected chi connectivity index (χ4v) is 3.85. The van der Waals surface area contributed by atoms with Gasteiger partial charge in [0.15, 0.2) is 0 Å². The van der Waals surface area contributed by atoms with Crippen LogP contribution in [0.1, 0.15) is 24.4 Å². The number of halogens is 2. The molecule has 1 saturated carbocycles. The van der Waals surface area contributed by atoms with Crippen LogP contribution in [0.3, 0.4) is 0 Å². The fraction of sp³-hybridized carbons (Fsp3) is 0.625. The Bertz CT molecular complexity index is 462. The number of rotatable bonds is 5. The summed E-state index contributed by atoms with van der Waals surface area (Å²) in [7, 11) is 0. The number of hydrogen-bond donors (Lipinski definition) is 1. The Hall–Kier alpha value is -0.320. The van der Waals surface area contributed by atoms with Gasteiger partial charge >= 0.3 is 0 Å². The highest BCUT2D eigenvalue weighted by atomic mass is 35.5. The van der Waals surface area contributed by atoms with E-state index in [0.29, 0.717) is 6.54 Å². The first-order valence-electron chi connectivity index (χ1n) is 7.79. The second-order valence-corrected chi connectivity index (χ2v) is 6.98. The summed E-state index contributed by atoms with van der Waals surface area (Å²) in [4.78, 5) is 5.01. The first kappa shape index (κ1) is 15.6. The van der Waals surface area contributed by atoms with Gasteiger partial charge in [0.2, 0.25) is 0 Å². The lowest BCUT2D eigenvalue weighted by molar-refractivity contribution is 0.0956. The van der Waals surface area contributed by atoms with Crippen LogP contribution in [0.15, 0.2) is 18.2 Å². The quantitative estimate of drug-likeness (QED) is 0.902. The third kappa shape index (κ3) is 3.72. The molecule has 3 nitrogen and oxygen atoms in total. The topological polar surface area (TPSA) is 32.5 Å². The lowest BCUT2D eigenvalue weighted by atomic mass is 10.0. The van der Waals surface area contributed by atoms with E-state index in [1.165, 1.54) is 19.4 Å². The number of piperazine rings is 1. The van der Waals surface area contributed by atoms with Crippen molar-refractivity contribution in [3.05, 3.63) is 33.8 Å². The van der Waals surface area contributed by atoms with E-state index >= 15 is 0 Å². The zero-order valence-electron chi connectivity index (χ0n) is 12.3. The highest BCUT2D eigenvalue weighted by Gasteiger charge is 2.30. The van der Waals surface area contributed by atoms with Crippen LogP contribution in [0.4, 0.5) is 0 Å². The normalized spacial score (nSPS) is 22.4. The Labute approximate surface area is 137 Å². The molecule has 0 amide bonds. The van der Waals surface area contributed by atoms with Crippen molar-refractivity contribution in [3.8, 4) is 0 Å². The summed E-state index contributed by atoms with van der Waals surface area (Å²) in [6, 6.07) is 5.80. The van der Waals surface area contributed by atoms with E-state index < -0.39 is 0 Å². The molecule has 1 atom stereocenters. The molecule has 2 N–H and O–H groups in total. The summed E-state index contributed by atoms with van der Waals surface area (Å²) < 4.78 is 0. The summed E-state index contributed by atoms with van der Waals surface area (Å²) in [6.45, 7) is 6.14. The Morgan fingerprint density at radius 3 is 2.24 bits per heavy atom. The number of nitrogens with zero attached hydrogens (tertiary/aromatic N) is 2. The van der Waals surface area contributed by atoms with Crippen LogP contribution in [0.2, 0.25) is 10.0 Å². The number of nitrogens with two attached hydrogens (primary N) is 1. The molecular weight excluding hydrogens is 305 g/mol. The minimum Gasteiger partial charge on any atom is -0.329 e. The zero-order chi connectivity index (χ0) is 14.8. The van der Waals surface area contributed by atoms with Crippen LogP contribution in [0.5, 0.6) is 0 Å². The van der Waals surface area contributed by atoms with Gasteiger partial charge in [0.25, 0.3) is 0 Å². The van der Waals surface area contributed by atoms with Crippen molar-refractivity contribution >= 4 is 23.2 Å². The lowest BCUT2D eigenvalue weighted by Crippen LogP contribution is -2.49. The number of benzene rings is 1.